The number of hydrogen-bond donors (Lipinski definition) is 2. The highest BCUT2D eigenvalue weighted by molar-refractivity contribution is 6.18. The normalized spacial score (nSPS) is 14.9. The Morgan fingerprint density at radius 1 is 0.404 bits per heavy atom. The molecule has 0 saturated carbocycles. The largest absolute Gasteiger partial charge is 0.396 e. The lowest BCUT2D eigenvalue weighted by Gasteiger charge is -2.33. The molecule has 254 valence electrons. The van der Waals surface area contributed by atoms with E-state index in [0.29, 0.717) is 12.8 Å². The fourth-order valence-electron chi connectivity index (χ4n) is 10.2. The van der Waals surface area contributed by atoms with Crippen LogP contribution in [0.2, 0.25) is 0 Å². The summed E-state index contributed by atoms with van der Waals surface area (Å²) in [5.74, 6) is 0. The topological polar surface area (TPSA) is 40.5 Å². The molecule has 52 heavy (non-hydrogen) atoms. The fourth-order valence-corrected chi connectivity index (χ4v) is 10.2. The van der Waals surface area contributed by atoms with Crippen LogP contribution in [-0.2, 0) is 10.8 Å². The van der Waals surface area contributed by atoms with Gasteiger partial charge in [0.05, 0.1) is 0 Å². The van der Waals surface area contributed by atoms with Gasteiger partial charge in [-0.2, -0.15) is 0 Å². The molecule has 0 atom stereocenters. The average molecular weight is 675 g/mol. The highest BCUT2D eigenvalue weighted by atomic mass is 16.3. The van der Waals surface area contributed by atoms with Crippen molar-refractivity contribution in [2.45, 2.75) is 50.4 Å². The predicted octanol–water partition coefficient (Wildman–Crippen LogP) is 11.9. The van der Waals surface area contributed by atoms with E-state index in [4.69, 9.17) is 0 Å². The molecule has 7 aromatic carbocycles. The molecule has 0 bridgehead atoms. The number of rotatable bonds is 8. The van der Waals surface area contributed by atoms with Gasteiger partial charge in [-0.15, -0.1) is 0 Å². The number of benzene rings is 7. The molecule has 0 amide bonds. The third-order valence-corrected chi connectivity index (χ3v) is 12.7. The van der Waals surface area contributed by atoms with Crippen molar-refractivity contribution in [3.8, 4) is 66.8 Å². The summed E-state index contributed by atoms with van der Waals surface area (Å²) in [5, 5.41) is 23.1. The van der Waals surface area contributed by atoms with Gasteiger partial charge in [-0.05, 0) is 144 Å². The third-order valence-electron chi connectivity index (χ3n) is 12.7. The van der Waals surface area contributed by atoms with Gasteiger partial charge in [0, 0.05) is 24.0 Å². The summed E-state index contributed by atoms with van der Waals surface area (Å²) in [5.41, 5.74) is 20.4. The molecule has 0 fully saturated rings. The SMILES string of the molecule is CC1(C)c2ccccc2-c2ccc(-c3ccc4c(c3)C(CCCO)(CCCO)c3cc(-c5ccc6c7c(cccc57)-c5ccccc5-6)ccc3-4)cc21. The second kappa shape index (κ2) is 11.6. The molecule has 0 saturated heterocycles. The molecule has 10 rings (SSSR count). The van der Waals surface area contributed by atoms with Gasteiger partial charge in [-0.3, -0.25) is 0 Å². The van der Waals surface area contributed by atoms with Crippen molar-refractivity contribution >= 4 is 10.8 Å². The summed E-state index contributed by atoms with van der Waals surface area (Å²) in [6.07, 6.45) is 3.04. The highest BCUT2D eigenvalue weighted by Crippen LogP contribution is 2.57. The van der Waals surface area contributed by atoms with Crippen LogP contribution in [0, 0.1) is 0 Å². The molecular weight excluding hydrogens is 633 g/mol. The van der Waals surface area contributed by atoms with Crippen molar-refractivity contribution in [2.75, 3.05) is 13.2 Å². The first-order valence-corrected chi connectivity index (χ1v) is 18.9. The summed E-state index contributed by atoms with van der Waals surface area (Å²) in [6, 6.07) is 50.0. The van der Waals surface area contributed by atoms with Crippen LogP contribution in [0.3, 0.4) is 0 Å². The lowest BCUT2D eigenvalue weighted by molar-refractivity contribution is 0.247. The molecule has 7 aromatic rings. The molecule has 3 aliphatic carbocycles. The van der Waals surface area contributed by atoms with E-state index in [9.17, 15) is 10.2 Å². The van der Waals surface area contributed by atoms with E-state index in [1.807, 2.05) is 0 Å². The quantitative estimate of drug-likeness (QED) is 0.168. The van der Waals surface area contributed by atoms with E-state index in [0.717, 1.165) is 12.8 Å². The van der Waals surface area contributed by atoms with E-state index in [1.165, 1.54) is 99.8 Å². The van der Waals surface area contributed by atoms with Crippen molar-refractivity contribution in [1.82, 2.24) is 0 Å². The smallest absolute Gasteiger partial charge is 0.0431 e. The maximum atomic E-state index is 10.2. The van der Waals surface area contributed by atoms with Crippen LogP contribution in [0.1, 0.15) is 61.8 Å². The summed E-state index contributed by atoms with van der Waals surface area (Å²) in [4.78, 5) is 0. The van der Waals surface area contributed by atoms with Crippen LogP contribution >= 0.6 is 0 Å². The van der Waals surface area contributed by atoms with Crippen LogP contribution in [0.5, 0.6) is 0 Å². The Labute approximate surface area is 306 Å². The van der Waals surface area contributed by atoms with Crippen LogP contribution in [0.25, 0.3) is 77.5 Å². The minimum atomic E-state index is -0.320. The first-order chi connectivity index (χ1) is 25.4. The van der Waals surface area contributed by atoms with Crippen molar-refractivity contribution in [1.29, 1.82) is 0 Å². The second-order valence-electron chi connectivity index (χ2n) is 15.6. The summed E-state index contributed by atoms with van der Waals surface area (Å²) >= 11 is 0. The Bertz CT molecular complexity index is 2550. The number of aliphatic hydroxyl groups is 2. The van der Waals surface area contributed by atoms with Crippen molar-refractivity contribution in [2.24, 2.45) is 0 Å². The zero-order chi connectivity index (χ0) is 35.2. The van der Waals surface area contributed by atoms with Crippen molar-refractivity contribution in [3.63, 3.8) is 0 Å². The number of hydrogen-bond acceptors (Lipinski definition) is 2. The molecule has 3 aliphatic rings. The first kappa shape index (κ1) is 31.5. The lowest BCUT2D eigenvalue weighted by Crippen LogP contribution is -2.26. The molecule has 2 N–H and O–H groups in total. The Morgan fingerprint density at radius 2 is 0.865 bits per heavy atom. The summed E-state index contributed by atoms with van der Waals surface area (Å²) in [6.45, 7) is 4.96. The van der Waals surface area contributed by atoms with E-state index in [-0.39, 0.29) is 24.0 Å². The van der Waals surface area contributed by atoms with Gasteiger partial charge in [0.1, 0.15) is 0 Å². The standard InChI is InChI=1S/C50H42O2/c1-49(2)44-15-6-5-12-37(44)38-19-16-31(28-45(38)49)32-17-20-39-40-21-18-33(30-47(40)50(24-8-26-51,25-9-27-52)46(39)29-32)34-22-23-43-36-11-4-3-10-35(36)42-14-7-13-41(34)48(42)43/h3-7,10-23,28-30,51-52H,8-9,24-27H2,1-2H3. The third kappa shape index (κ3) is 4.32. The van der Waals surface area contributed by atoms with Gasteiger partial charge in [0.15, 0.2) is 0 Å². The van der Waals surface area contributed by atoms with Crippen molar-refractivity contribution in [3.05, 3.63) is 156 Å². The number of aliphatic hydroxyl groups excluding tert-OH is 2. The average Bonchev–Trinajstić information content (AvgIpc) is 3.75. The fraction of sp³-hybridized carbons (Fsp3) is 0.200. The molecular formula is C50H42O2. The van der Waals surface area contributed by atoms with Crippen molar-refractivity contribution < 1.29 is 10.2 Å². The first-order valence-electron chi connectivity index (χ1n) is 18.9. The Balaban J connectivity index is 1.12. The maximum absolute atomic E-state index is 10.2. The number of fused-ring (bicyclic) bond motifs is 9. The second-order valence-corrected chi connectivity index (χ2v) is 15.6. The Morgan fingerprint density at radius 3 is 1.52 bits per heavy atom. The maximum Gasteiger partial charge on any atom is 0.0431 e. The minimum Gasteiger partial charge on any atom is -0.396 e. The monoisotopic (exact) mass is 674 g/mol. The zero-order valence-corrected chi connectivity index (χ0v) is 29.8. The minimum absolute atomic E-state index is 0.0667. The summed E-state index contributed by atoms with van der Waals surface area (Å²) < 4.78 is 0. The van der Waals surface area contributed by atoms with Gasteiger partial charge in [-0.1, -0.05) is 129 Å². The lowest BCUT2D eigenvalue weighted by atomic mass is 9.70. The van der Waals surface area contributed by atoms with Crippen LogP contribution < -0.4 is 0 Å². The highest BCUT2D eigenvalue weighted by Gasteiger charge is 2.43. The van der Waals surface area contributed by atoms with E-state index in [2.05, 4.69) is 147 Å². The molecule has 2 nitrogen and oxygen atoms in total. The van der Waals surface area contributed by atoms with Crippen LogP contribution in [0.4, 0.5) is 0 Å². The Kier molecular flexibility index (Phi) is 7.03. The summed E-state index contributed by atoms with van der Waals surface area (Å²) in [7, 11) is 0. The van der Waals surface area contributed by atoms with E-state index in [1.54, 1.807) is 0 Å². The molecule has 2 heteroatoms. The van der Waals surface area contributed by atoms with Gasteiger partial charge in [0.25, 0.3) is 0 Å². The van der Waals surface area contributed by atoms with Gasteiger partial charge in [-0.25, -0.2) is 0 Å². The van der Waals surface area contributed by atoms with Gasteiger partial charge < -0.3 is 10.2 Å². The van der Waals surface area contributed by atoms with Gasteiger partial charge in [0.2, 0.25) is 0 Å². The molecule has 0 radical (unpaired) electrons. The molecule has 0 aliphatic heterocycles. The molecule has 0 aromatic heterocycles. The van der Waals surface area contributed by atoms with E-state index < -0.39 is 0 Å². The molecule has 0 spiro atoms. The van der Waals surface area contributed by atoms with E-state index >= 15 is 0 Å². The van der Waals surface area contributed by atoms with Crippen LogP contribution in [0.15, 0.2) is 133 Å². The van der Waals surface area contributed by atoms with Gasteiger partial charge >= 0.3 is 0 Å². The predicted molar refractivity (Wildman–Crippen MR) is 216 cm³/mol. The zero-order valence-electron chi connectivity index (χ0n) is 29.8. The Hall–Kier alpha value is -5.28. The van der Waals surface area contributed by atoms with Crippen LogP contribution in [-0.4, -0.2) is 23.4 Å². The molecule has 0 heterocycles. The molecule has 0 unspecified atom stereocenters.